The van der Waals surface area contributed by atoms with Crippen LogP contribution in [0, 0.1) is 5.92 Å². The number of nitrogens with one attached hydrogen (secondary N) is 1. The van der Waals surface area contributed by atoms with Crippen LogP contribution < -0.4 is 10.1 Å². The van der Waals surface area contributed by atoms with Crippen molar-refractivity contribution in [1.82, 2.24) is 29.3 Å². The average Bonchev–Trinajstić information content (AvgIpc) is 3.73. The molecule has 5 aromatic rings. The van der Waals surface area contributed by atoms with Crippen molar-refractivity contribution in [3.63, 3.8) is 0 Å². The van der Waals surface area contributed by atoms with Gasteiger partial charge in [-0.2, -0.15) is 0 Å². The molecule has 0 unspecified atom stereocenters. The zero-order valence-corrected chi connectivity index (χ0v) is 25.3. The highest BCUT2D eigenvalue weighted by atomic mass is 16.5. The van der Waals surface area contributed by atoms with E-state index in [0.717, 1.165) is 40.2 Å². The number of likely N-dealkylation sites (tertiary alicyclic amines) is 1. The number of hydrogen-bond acceptors (Lipinski definition) is 7. The number of alkyl carbamates (subject to hydrolysis) is 1. The van der Waals surface area contributed by atoms with Gasteiger partial charge >= 0.3 is 6.09 Å². The molecule has 2 amide bonds. The number of aliphatic hydroxyl groups is 1. The topological polar surface area (TPSA) is 124 Å². The fourth-order valence-electron chi connectivity index (χ4n) is 6.20. The van der Waals surface area contributed by atoms with Crippen LogP contribution in [0.3, 0.4) is 0 Å². The largest absolute Gasteiger partial charge is 0.494 e. The number of methoxy groups -OCH3 is 1. The minimum atomic E-state index is -0.800. The van der Waals surface area contributed by atoms with E-state index in [2.05, 4.69) is 27.0 Å². The molecule has 2 aromatic carbocycles. The lowest BCUT2D eigenvalue weighted by molar-refractivity contribution is 0.0351. The van der Waals surface area contributed by atoms with Crippen molar-refractivity contribution in [2.24, 2.45) is 13.0 Å². The first kappa shape index (κ1) is 28.8. The second-order valence-electron chi connectivity index (χ2n) is 12.0. The minimum Gasteiger partial charge on any atom is -0.494 e. The van der Waals surface area contributed by atoms with Crippen LogP contribution >= 0.6 is 0 Å². The molecule has 2 N–H and O–H groups in total. The van der Waals surface area contributed by atoms with Crippen LogP contribution in [-0.2, 0) is 24.9 Å². The molecule has 2 fully saturated rings. The summed E-state index contributed by atoms with van der Waals surface area (Å²) in [6.07, 6.45) is 3.13. The summed E-state index contributed by atoms with van der Waals surface area (Å²) in [5, 5.41) is 14.4. The van der Waals surface area contributed by atoms with Crippen molar-refractivity contribution in [3.8, 4) is 17.3 Å². The number of aliphatic hydroxyl groups excluding tert-OH is 1. The number of carbonyl (C=O) groups excluding carboxylic acids is 2. The molecule has 2 aliphatic rings. The Morgan fingerprint density at radius 1 is 1.07 bits per heavy atom. The Labute approximate surface area is 260 Å². The first-order chi connectivity index (χ1) is 21.9. The van der Waals surface area contributed by atoms with Crippen LogP contribution in [-0.4, -0.2) is 73.5 Å². The Morgan fingerprint density at radius 2 is 1.89 bits per heavy atom. The molecule has 1 aliphatic heterocycles. The quantitative estimate of drug-likeness (QED) is 0.266. The summed E-state index contributed by atoms with van der Waals surface area (Å²) in [6, 6.07) is 18.4. The molecule has 1 saturated heterocycles. The molecular weight excluding hydrogens is 572 g/mol. The summed E-state index contributed by atoms with van der Waals surface area (Å²) in [5.74, 6) is 1.72. The van der Waals surface area contributed by atoms with Gasteiger partial charge < -0.3 is 33.9 Å². The fourth-order valence-corrected chi connectivity index (χ4v) is 6.20. The maximum Gasteiger partial charge on any atom is 0.407 e. The predicted molar refractivity (Wildman–Crippen MR) is 169 cm³/mol. The molecule has 0 spiro atoms. The van der Waals surface area contributed by atoms with Gasteiger partial charge in [-0.25, -0.2) is 14.8 Å². The van der Waals surface area contributed by atoms with E-state index in [0.29, 0.717) is 35.7 Å². The fraction of sp³-hybridized carbons (Fsp3) is 0.353. The second kappa shape index (κ2) is 11.9. The highest BCUT2D eigenvalue weighted by molar-refractivity contribution is 6.00. The van der Waals surface area contributed by atoms with Crippen molar-refractivity contribution in [3.05, 3.63) is 78.0 Å². The lowest BCUT2D eigenvalue weighted by atomic mass is 10.0. The van der Waals surface area contributed by atoms with Gasteiger partial charge in [0, 0.05) is 43.8 Å². The van der Waals surface area contributed by atoms with Crippen molar-refractivity contribution in [2.75, 3.05) is 20.2 Å². The van der Waals surface area contributed by atoms with Crippen LogP contribution in [0.5, 0.6) is 5.75 Å². The van der Waals surface area contributed by atoms with Crippen LogP contribution in [0.1, 0.15) is 35.2 Å². The molecule has 4 heterocycles. The van der Waals surface area contributed by atoms with Gasteiger partial charge in [0.1, 0.15) is 23.5 Å². The first-order valence-corrected chi connectivity index (χ1v) is 15.3. The lowest BCUT2D eigenvalue weighted by Gasteiger charge is -2.36. The summed E-state index contributed by atoms with van der Waals surface area (Å²) < 4.78 is 15.4. The molecule has 11 heteroatoms. The number of fused-ring (bicyclic) bond motifs is 2. The van der Waals surface area contributed by atoms with Gasteiger partial charge in [-0.05, 0) is 61.1 Å². The van der Waals surface area contributed by atoms with Gasteiger partial charge in [-0.3, -0.25) is 4.79 Å². The van der Waals surface area contributed by atoms with E-state index in [1.165, 1.54) is 12.8 Å². The highest BCUT2D eigenvalue weighted by Gasteiger charge is 2.33. The minimum absolute atomic E-state index is 0.113. The standard InChI is InChI=1S/C34H36N6O5/c1-38-30-25(36-32(38)27-16-23-9-6-13-35-31(23)40(27)18-21-10-11-21)15-24(17-29(30)44-2)33(42)39-14-12-28(41)26(19-39)37-34(43)45-20-22-7-4-3-5-8-22/h3-9,13,15-17,21,26,28,41H,10-12,14,18-20H2,1-2H3,(H,37,43)/t26-,28-/m1/s1. The van der Waals surface area contributed by atoms with Crippen molar-refractivity contribution >= 4 is 34.1 Å². The van der Waals surface area contributed by atoms with Gasteiger partial charge in [0.25, 0.3) is 5.91 Å². The molecule has 11 nitrogen and oxygen atoms in total. The summed E-state index contributed by atoms with van der Waals surface area (Å²) in [4.78, 5) is 37.7. The zero-order valence-electron chi connectivity index (χ0n) is 25.3. The van der Waals surface area contributed by atoms with E-state index in [9.17, 15) is 14.7 Å². The third-order valence-electron chi connectivity index (χ3n) is 8.80. The average molecular weight is 609 g/mol. The normalized spacial score (nSPS) is 18.3. The summed E-state index contributed by atoms with van der Waals surface area (Å²) in [6.45, 7) is 1.49. The Hall–Kier alpha value is -4.90. The van der Waals surface area contributed by atoms with E-state index in [1.54, 1.807) is 24.1 Å². The van der Waals surface area contributed by atoms with Gasteiger partial charge in [0.05, 0.1) is 30.5 Å². The van der Waals surface area contributed by atoms with Crippen LogP contribution in [0.4, 0.5) is 4.79 Å². The molecule has 7 rings (SSSR count). The van der Waals surface area contributed by atoms with E-state index < -0.39 is 18.2 Å². The smallest absolute Gasteiger partial charge is 0.407 e. The predicted octanol–water partition coefficient (Wildman–Crippen LogP) is 4.51. The molecule has 1 aliphatic carbocycles. The van der Waals surface area contributed by atoms with Gasteiger partial charge in [-0.1, -0.05) is 30.3 Å². The number of amides is 2. The first-order valence-electron chi connectivity index (χ1n) is 15.3. The molecular formula is C34H36N6O5. The maximum absolute atomic E-state index is 13.8. The molecule has 0 bridgehead atoms. The second-order valence-corrected chi connectivity index (χ2v) is 12.0. The molecule has 2 atom stereocenters. The summed E-state index contributed by atoms with van der Waals surface area (Å²) >= 11 is 0. The van der Waals surface area contributed by atoms with E-state index in [-0.39, 0.29) is 19.1 Å². The Morgan fingerprint density at radius 3 is 2.67 bits per heavy atom. The molecule has 3 aromatic heterocycles. The number of benzene rings is 2. The Kier molecular flexibility index (Phi) is 7.62. The Bertz CT molecular complexity index is 1880. The molecule has 1 saturated carbocycles. The lowest BCUT2D eigenvalue weighted by Crippen LogP contribution is -2.56. The van der Waals surface area contributed by atoms with Gasteiger partial charge in [0.15, 0.2) is 5.82 Å². The van der Waals surface area contributed by atoms with E-state index in [1.807, 2.05) is 54.2 Å². The van der Waals surface area contributed by atoms with Crippen LogP contribution in [0.2, 0.25) is 0 Å². The summed E-state index contributed by atoms with van der Waals surface area (Å²) in [7, 11) is 3.54. The van der Waals surface area contributed by atoms with Crippen molar-refractivity contribution < 1.29 is 24.2 Å². The van der Waals surface area contributed by atoms with Crippen LogP contribution in [0.25, 0.3) is 33.6 Å². The molecule has 0 radical (unpaired) electrons. The van der Waals surface area contributed by atoms with Crippen molar-refractivity contribution in [1.29, 1.82) is 0 Å². The highest BCUT2D eigenvalue weighted by Crippen LogP contribution is 2.37. The van der Waals surface area contributed by atoms with Crippen LogP contribution in [0.15, 0.2) is 66.9 Å². The maximum atomic E-state index is 13.8. The number of piperidine rings is 1. The third-order valence-corrected chi connectivity index (χ3v) is 8.80. The third kappa shape index (κ3) is 5.71. The van der Waals surface area contributed by atoms with Crippen molar-refractivity contribution in [2.45, 2.75) is 44.6 Å². The molecule has 232 valence electrons. The number of pyridine rings is 1. The summed E-state index contributed by atoms with van der Waals surface area (Å²) in [5.41, 5.74) is 4.62. The number of aromatic nitrogens is 4. The number of imidazole rings is 1. The zero-order chi connectivity index (χ0) is 31.1. The van der Waals surface area contributed by atoms with E-state index >= 15 is 0 Å². The SMILES string of the molecule is COc1cc(C(=O)N2CC[C@@H](O)[C@H](NC(=O)OCc3ccccc3)C2)cc2nc(-c3cc4cccnc4n3CC3CC3)n(C)c12. The number of rotatable bonds is 8. The number of carbonyl (C=O) groups is 2. The number of nitrogens with zero attached hydrogens (tertiary/aromatic N) is 5. The van der Waals surface area contributed by atoms with Gasteiger partial charge in [-0.15, -0.1) is 0 Å². The molecule has 45 heavy (non-hydrogen) atoms. The van der Waals surface area contributed by atoms with E-state index in [4.69, 9.17) is 14.5 Å². The monoisotopic (exact) mass is 608 g/mol. The number of ether oxygens (including phenoxy) is 2. The van der Waals surface area contributed by atoms with Gasteiger partial charge in [0.2, 0.25) is 0 Å². The Balaban J connectivity index is 1.14. The number of hydrogen-bond donors (Lipinski definition) is 2. The number of aryl methyl sites for hydroxylation is 1.